The van der Waals surface area contributed by atoms with E-state index in [1.165, 1.54) is 11.1 Å². The zero-order valence-corrected chi connectivity index (χ0v) is 8.59. The molecule has 1 heterocycles. The van der Waals surface area contributed by atoms with Gasteiger partial charge in [-0.2, -0.15) is 0 Å². The topological polar surface area (TPSA) is 3.24 Å². The second kappa shape index (κ2) is 3.69. The molecule has 0 spiro atoms. The third-order valence-corrected chi connectivity index (χ3v) is 3.21. The van der Waals surface area contributed by atoms with Gasteiger partial charge < -0.3 is 0 Å². The van der Waals surface area contributed by atoms with Crippen molar-refractivity contribution < 1.29 is 0 Å². The minimum absolute atomic E-state index is 0.156. The van der Waals surface area contributed by atoms with Gasteiger partial charge in [-0.25, -0.2) is 0 Å². The highest BCUT2D eigenvalue weighted by Gasteiger charge is 2.17. The van der Waals surface area contributed by atoms with Crippen LogP contribution in [0.4, 0.5) is 0 Å². The number of hydrogen-bond donors (Lipinski definition) is 0. The molecule has 0 fully saturated rings. The quantitative estimate of drug-likeness (QED) is 0.454. The van der Waals surface area contributed by atoms with E-state index in [0.717, 1.165) is 19.4 Å². The van der Waals surface area contributed by atoms with E-state index < -0.39 is 0 Å². The van der Waals surface area contributed by atoms with Crippen molar-refractivity contribution in [3.63, 3.8) is 0 Å². The fourth-order valence-electron chi connectivity index (χ4n) is 1.77. The Hall–Kier alpha value is -0.530. The number of nitrogens with zero attached hydrogens (tertiary/aromatic N) is 1. The maximum Gasteiger partial charge on any atom is 0.0888 e. The predicted molar refractivity (Wildman–Crippen MR) is 56.1 cm³/mol. The first kappa shape index (κ1) is 9.04. The van der Waals surface area contributed by atoms with E-state index in [9.17, 15) is 0 Å². The number of rotatable bonds is 0. The van der Waals surface area contributed by atoms with Gasteiger partial charge in [0.25, 0.3) is 0 Å². The standard InChI is InChI=1S/C11H14ClN/c1-13-7-6-9-4-2-3-5-10(9)8-11(13)12/h2-5,11H,6-8H2,1H3/t11-/m1/s1. The van der Waals surface area contributed by atoms with Crippen LogP contribution in [0.1, 0.15) is 11.1 Å². The number of alkyl halides is 1. The molecule has 13 heavy (non-hydrogen) atoms. The Morgan fingerprint density at radius 2 is 2.00 bits per heavy atom. The molecule has 0 aromatic heterocycles. The molecule has 0 bridgehead atoms. The molecule has 0 saturated heterocycles. The van der Waals surface area contributed by atoms with E-state index in [4.69, 9.17) is 11.6 Å². The Kier molecular flexibility index (Phi) is 2.56. The number of likely N-dealkylation sites (N-methyl/N-ethyl adjacent to an activating group) is 1. The molecule has 1 aromatic carbocycles. The molecule has 0 N–H and O–H groups in total. The third-order valence-electron chi connectivity index (χ3n) is 2.72. The fraction of sp³-hybridized carbons (Fsp3) is 0.455. The van der Waals surface area contributed by atoms with Gasteiger partial charge in [-0.3, -0.25) is 4.90 Å². The van der Waals surface area contributed by atoms with Crippen molar-refractivity contribution in [1.29, 1.82) is 0 Å². The Balaban J connectivity index is 2.29. The smallest absolute Gasteiger partial charge is 0.0888 e. The molecule has 2 rings (SSSR count). The van der Waals surface area contributed by atoms with Crippen LogP contribution in [-0.4, -0.2) is 24.0 Å². The average Bonchev–Trinajstić information content (AvgIpc) is 2.28. The minimum atomic E-state index is 0.156. The summed E-state index contributed by atoms with van der Waals surface area (Å²) in [6.07, 6.45) is 2.09. The van der Waals surface area contributed by atoms with Crippen LogP contribution in [0.5, 0.6) is 0 Å². The number of benzene rings is 1. The van der Waals surface area contributed by atoms with Gasteiger partial charge in [0.15, 0.2) is 0 Å². The number of fused-ring (bicyclic) bond motifs is 1. The normalized spacial score (nSPS) is 23.7. The maximum absolute atomic E-state index is 6.23. The fourth-order valence-corrected chi connectivity index (χ4v) is 2.04. The summed E-state index contributed by atoms with van der Waals surface area (Å²) in [5, 5.41) is 0. The van der Waals surface area contributed by atoms with Gasteiger partial charge in [0.05, 0.1) is 5.50 Å². The molecule has 1 aromatic rings. The summed E-state index contributed by atoms with van der Waals surface area (Å²) in [5.41, 5.74) is 3.02. The van der Waals surface area contributed by atoms with E-state index in [1.807, 2.05) is 0 Å². The van der Waals surface area contributed by atoms with Crippen LogP contribution in [0.3, 0.4) is 0 Å². The highest BCUT2D eigenvalue weighted by Crippen LogP contribution is 2.20. The van der Waals surface area contributed by atoms with Crippen molar-refractivity contribution in [2.24, 2.45) is 0 Å². The summed E-state index contributed by atoms with van der Waals surface area (Å²) >= 11 is 6.23. The Bertz CT molecular complexity index is 298. The molecule has 2 heteroatoms. The van der Waals surface area contributed by atoms with Gasteiger partial charge in [-0.1, -0.05) is 24.3 Å². The molecule has 0 radical (unpaired) electrons. The monoisotopic (exact) mass is 195 g/mol. The van der Waals surface area contributed by atoms with Crippen molar-refractivity contribution >= 4 is 11.6 Å². The highest BCUT2D eigenvalue weighted by molar-refractivity contribution is 6.20. The molecule has 1 aliphatic rings. The summed E-state index contributed by atoms with van der Waals surface area (Å²) < 4.78 is 0. The molecule has 0 aliphatic carbocycles. The highest BCUT2D eigenvalue weighted by atomic mass is 35.5. The van der Waals surface area contributed by atoms with Crippen LogP contribution in [0.2, 0.25) is 0 Å². The molecule has 0 unspecified atom stereocenters. The second-order valence-electron chi connectivity index (χ2n) is 3.64. The van der Waals surface area contributed by atoms with Crippen LogP contribution in [0.15, 0.2) is 24.3 Å². The lowest BCUT2D eigenvalue weighted by Crippen LogP contribution is -2.28. The van der Waals surface area contributed by atoms with E-state index in [0.29, 0.717) is 0 Å². The molecule has 70 valence electrons. The first-order valence-electron chi connectivity index (χ1n) is 4.68. The van der Waals surface area contributed by atoms with Crippen LogP contribution >= 0.6 is 11.6 Å². The van der Waals surface area contributed by atoms with E-state index in [1.54, 1.807) is 0 Å². The van der Waals surface area contributed by atoms with Gasteiger partial charge in [0, 0.05) is 13.0 Å². The van der Waals surface area contributed by atoms with Gasteiger partial charge >= 0.3 is 0 Å². The van der Waals surface area contributed by atoms with E-state index in [-0.39, 0.29) is 5.50 Å². The second-order valence-corrected chi connectivity index (χ2v) is 4.14. The zero-order valence-electron chi connectivity index (χ0n) is 7.83. The Morgan fingerprint density at radius 3 is 2.77 bits per heavy atom. The van der Waals surface area contributed by atoms with Gasteiger partial charge in [-0.05, 0) is 24.6 Å². The SMILES string of the molecule is CN1CCc2ccccc2C[C@@H]1Cl. The minimum Gasteiger partial charge on any atom is -0.290 e. The van der Waals surface area contributed by atoms with Crippen LogP contribution < -0.4 is 0 Å². The predicted octanol–water partition coefficient (Wildman–Crippen LogP) is 2.28. The third kappa shape index (κ3) is 1.87. The summed E-state index contributed by atoms with van der Waals surface area (Å²) in [6, 6.07) is 8.59. The molecule has 0 amide bonds. The molecular weight excluding hydrogens is 182 g/mol. The van der Waals surface area contributed by atoms with Crippen LogP contribution in [-0.2, 0) is 12.8 Å². The molecule has 1 aliphatic heterocycles. The molecule has 1 atom stereocenters. The van der Waals surface area contributed by atoms with Crippen molar-refractivity contribution in [3.8, 4) is 0 Å². The largest absolute Gasteiger partial charge is 0.290 e. The number of hydrogen-bond acceptors (Lipinski definition) is 1. The summed E-state index contributed by atoms with van der Waals surface area (Å²) in [5.74, 6) is 0. The van der Waals surface area contributed by atoms with Crippen molar-refractivity contribution in [1.82, 2.24) is 4.90 Å². The zero-order chi connectivity index (χ0) is 9.26. The summed E-state index contributed by atoms with van der Waals surface area (Å²) in [4.78, 5) is 2.21. The van der Waals surface area contributed by atoms with Crippen LogP contribution in [0, 0.1) is 0 Å². The summed E-state index contributed by atoms with van der Waals surface area (Å²) in [6.45, 7) is 1.06. The molecule has 1 nitrogen and oxygen atoms in total. The lowest BCUT2D eigenvalue weighted by Gasteiger charge is -2.18. The van der Waals surface area contributed by atoms with Gasteiger partial charge in [-0.15, -0.1) is 11.6 Å². The van der Waals surface area contributed by atoms with Gasteiger partial charge in [0.1, 0.15) is 0 Å². The summed E-state index contributed by atoms with van der Waals surface area (Å²) in [7, 11) is 2.09. The van der Waals surface area contributed by atoms with E-state index in [2.05, 4.69) is 36.2 Å². The lowest BCUT2D eigenvalue weighted by atomic mass is 10.0. The average molecular weight is 196 g/mol. The van der Waals surface area contributed by atoms with Crippen molar-refractivity contribution in [3.05, 3.63) is 35.4 Å². The molecular formula is C11H14ClN. The van der Waals surface area contributed by atoms with Crippen molar-refractivity contribution in [2.75, 3.05) is 13.6 Å². The van der Waals surface area contributed by atoms with E-state index >= 15 is 0 Å². The number of halogens is 1. The van der Waals surface area contributed by atoms with Crippen LogP contribution in [0.25, 0.3) is 0 Å². The first-order chi connectivity index (χ1) is 6.27. The Labute approximate surface area is 84.3 Å². The lowest BCUT2D eigenvalue weighted by molar-refractivity contribution is 0.319. The van der Waals surface area contributed by atoms with Gasteiger partial charge in [0.2, 0.25) is 0 Å². The first-order valence-corrected chi connectivity index (χ1v) is 5.12. The van der Waals surface area contributed by atoms with Crippen molar-refractivity contribution in [2.45, 2.75) is 18.3 Å². The maximum atomic E-state index is 6.23. The molecule has 0 saturated carbocycles. The Morgan fingerprint density at radius 1 is 1.31 bits per heavy atom.